The second-order valence-corrected chi connectivity index (χ2v) is 11.4. The Morgan fingerprint density at radius 2 is 0.824 bits per heavy atom. The van der Waals surface area contributed by atoms with Gasteiger partial charge in [0.1, 0.15) is 15.3 Å². The van der Waals surface area contributed by atoms with E-state index in [2.05, 4.69) is 56.7 Å². The summed E-state index contributed by atoms with van der Waals surface area (Å²) in [5.74, 6) is 1.60. The molecule has 0 atom stereocenters. The first-order valence-electron chi connectivity index (χ1n) is 14.5. The van der Waals surface area contributed by atoms with Gasteiger partial charge in [-0.15, -0.1) is 0 Å². The molecule has 0 unspecified atom stereocenters. The van der Waals surface area contributed by atoms with E-state index in [0.29, 0.717) is 0 Å². The maximum absolute atomic E-state index is 2.78. The highest BCUT2D eigenvalue weighted by Crippen LogP contribution is 2.23. The van der Waals surface area contributed by atoms with Crippen LogP contribution in [-0.2, 0) is 0 Å². The quantitative estimate of drug-likeness (QED) is 0.367. The summed E-state index contributed by atoms with van der Waals surface area (Å²) in [4.78, 5) is 16.4. The second-order valence-electron chi connectivity index (χ2n) is 10.5. The number of piperazine rings is 3. The van der Waals surface area contributed by atoms with Crippen LogP contribution in [0.25, 0.3) is 0 Å². The Bertz CT molecular complexity index is 546. The molecule has 0 aromatic heterocycles. The third-order valence-corrected chi connectivity index (χ3v) is 8.98. The van der Waals surface area contributed by atoms with Crippen LogP contribution >= 0.6 is 0 Å². The number of hydrogen-bond donors (Lipinski definition) is 0. The second kappa shape index (κ2) is 15.4. The first kappa shape index (κ1) is 27.8. The highest BCUT2D eigenvalue weighted by atomic mass is 28.2. The highest BCUT2D eigenvalue weighted by Gasteiger charge is 2.30. The lowest BCUT2D eigenvalue weighted by atomic mass is 10.2. The molecule has 0 bridgehead atoms. The fourth-order valence-corrected chi connectivity index (χ4v) is 6.70. The average molecular weight is 491 g/mol. The van der Waals surface area contributed by atoms with Crippen LogP contribution in [0.5, 0.6) is 0 Å². The lowest BCUT2D eigenvalue weighted by Crippen LogP contribution is -2.55. The third kappa shape index (κ3) is 8.14. The predicted molar refractivity (Wildman–Crippen MR) is 147 cm³/mol. The van der Waals surface area contributed by atoms with Gasteiger partial charge in [0.2, 0.25) is 0 Å². The molecule has 34 heavy (non-hydrogen) atoms. The van der Waals surface area contributed by atoms with Gasteiger partial charge in [0.25, 0.3) is 0 Å². The maximum atomic E-state index is 2.78. The molecule has 0 N–H and O–H groups in total. The molecular weight excluding hydrogens is 436 g/mol. The van der Waals surface area contributed by atoms with Crippen molar-refractivity contribution in [3.63, 3.8) is 0 Å². The van der Waals surface area contributed by atoms with Crippen molar-refractivity contribution in [2.24, 2.45) is 0 Å². The van der Waals surface area contributed by atoms with Gasteiger partial charge in [-0.2, -0.15) is 0 Å². The van der Waals surface area contributed by atoms with Crippen molar-refractivity contribution in [1.82, 2.24) is 29.4 Å². The molecule has 3 saturated heterocycles. The number of unbranched alkanes of at least 4 members (excludes halogenated alkanes) is 3. The van der Waals surface area contributed by atoms with Crippen LogP contribution in [0.15, 0.2) is 11.1 Å². The zero-order valence-electron chi connectivity index (χ0n) is 23.0. The molecule has 0 aliphatic carbocycles. The minimum Gasteiger partial charge on any atom is -0.373 e. The smallest absolute Gasteiger partial charge is 0.119 e. The van der Waals surface area contributed by atoms with Crippen LogP contribution in [0.2, 0.25) is 6.55 Å². The summed E-state index contributed by atoms with van der Waals surface area (Å²) in [7, 11) is 0.867. The van der Waals surface area contributed by atoms with Gasteiger partial charge in [0.15, 0.2) is 0 Å². The number of hydrogen-bond acceptors (Lipinski definition) is 6. The van der Waals surface area contributed by atoms with Crippen molar-refractivity contribution in [2.45, 2.75) is 65.8 Å². The van der Waals surface area contributed by atoms with E-state index < -0.39 is 0 Å². The van der Waals surface area contributed by atoms with E-state index in [1.807, 2.05) is 0 Å². The fourth-order valence-electron chi connectivity index (χ4n) is 5.62. The first-order valence-corrected chi connectivity index (χ1v) is 16.0. The minimum atomic E-state index is 0.867. The molecule has 0 amide bonds. The minimum absolute atomic E-state index is 0.867. The largest absolute Gasteiger partial charge is 0.373 e. The van der Waals surface area contributed by atoms with Crippen LogP contribution in [-0.4, -0.2) is 137 Å². The Hall–Kier alpha value is -0.763. The van der Waals surface area contributed by atoms with E-state index in [4.69, 9.17) is 0 Å². The molecule has 0 spiro atoms. The van der Waals surface area contributed by atoms with Crippen LogP contribution in [0, 0.1) is 0 Å². The summed E-state index contributed by atoms with van der Waals surface area (Å²) < 4.78 is 0. The lowest BCUT2D eigenvalue weighted by Gasteiger charge is -2.47. The lowest BCUT2D eigenvalue weighted by molar-refractivity contribution is 0.0818. The Balaban J connectivity index is 1.71. The zero-order chi connectivity index (χ0) is 24.2. The maximum Gasteiger partial charge on any atom is 0.119 e. The van der Waals surface area contributed by atoms with Crippen molar-refractivity contribution in [3.8, 4) is 0 Å². The van der Waals surface area contributed by atoms with Crippen molar-refractivity contribution < 1.29 is 0 Å². The molecule has 3 heterocycles. The van der Waals surface area contributed by atoms with Gasteiger partial charge in [-0.05, 0) is 38.9 Å². The van der Waals surface area contributed by atoms with Crippen molar-refractivity contribution in [2.75, 3.05) is 98.2 Å². The molecular formula is C27H54N6Si. The molecule has 3 aliphatic heterocycles. The van der Waals surface area contributed by atoms with Crippen molar-refractivity contribution >= 4 is 9.52 Å². The summed E-state index contributed by atoms with van der Waals surface area (Å²) in [6.07, 6.45) is 7.94. The van der Waals surface area contributed by atoms with E-state index in [1.54, 1.807) is 11.1 Å². The van der Waals surface area contributed by atoms with Crippen LogP contribution in [0.4, 0.5) is 0 Å². The molecule has 7 heteroatoms. The molecule has 196 valence electrons. The normalized spacial score (nSPS) is 21.4. The summed E-state index contributed by atoms with van der Waals surface area (Å²) in [5, 5.41) is 1.65. The molecule has 3 aliphatic rings. The molecule has 0 aromatic rings. The molecule has 2 radical (unpaired) electrons. The fraction of sp³-hybridized carbons (Fsp3) is 0.926. The van der Waals surface area contributed by atoms with Crippen molar-refractivity contribution in [1.29, 1.82) is 0 Å². The summed E-state index contributed by atoms with van der Waals surface area (Å²) in [6.45, 7) is 27.8. The van der Waals surface area contributed by atoms with E-state index in [0.717, 1.165) is 9.52 Å². The molecule has 6 nitrogen and oxygen atoms in total. The van der Waals surface area contributed by atoms with Gasteiger partial charge < -0.3 is 14.7 Å². The molecule has 0 saturated carbocycles. The van der Waals surface area contributed by atoms with Crippen LogP contribution in [0.1, 0.15) is 59.3 Å². The number of rotatable bonds is 13. The Kier molecular flexibility index (Phi) is 12.6. The van der Waals surface area contributed by atoms with E-state index in [9.17, 15) is 0 Å². The van der Waals surface area contributed by atoms with Gasteiger partial charge >= 0.3 is 0 Å². The predicted octanol–water partition coefficient (Wildman–Crippen LogP) is 3.12. The van der Waals surface area contributed by atoms with E-state index in [1.165, 1.54) is 137 Å². The van der Waals surface area contributed by atoms with Crippen LogP contribution in [0.3, 0.4) is 0 Å². The van der Waals surface area contributed by atoms with E-state index in [-0.39, 0.29) is 0 Å². The first-order chi connectivity index (χ1) is 16.7. The molecule has 3 rings (SSSR count). The number of nitrogens with zero attached hydrogens (tertiary/aromatic N) is 6. The SMILES string of the molecule is CCCCN1CCN(C([Si]C)=C(N2CCN(CCCC)CC2)N2CCN(CCCC)CC2)CC1. The Morgan fingerprint density at radius 1 is 0.500 bits per heavy atom. The van der Waals surface area contributed by atoms with E-state index >= 15 is 0 Å². The van der Waals surface area contributed by atoms with Crippen LogP contribution < -0.4 is 0 Å². The average Bonchev–Trinajstić information content (AvgIpc) is 2.89. The van der Waals surface area contributed by atoms with Gasteiger partial charge in [-0.25, -0.2) is 0 Å². The van der Waals surface area contributed by atoms with Gasteiger partial charge in [-0.1, -0.05) is 46.6 Å². The van der Waals surface area contributed by atoms with Gasteiger partial charge in [0, 0.05) is 83.9 Å². The van der Waals surface area contributed by atoms with Crippen molar-refractivity contribution in [3.05, 3.63) is 11.1 Å². The Labute approximate surface area is 214 Å². The third-order valence-electron chi connectivity index (χ3n) is 7.96. The van der Waals surface area contributed by atoms with Gasteiger partial charge in [-0.3, -0.25) is 14.7 Å². The zero-order valence-corrected chi connectivity index (χ0v) is 24.0. The summed E-state index contributed by atoms with van der Waals surface area (Å²) in [5.41, 5.74) is 0. The molecule has 3 fully saturated rings. The molecule has 0 aromatic carbocycles. The highest BCUT2D eigenvalue weighted by molar-refractivity contribution is 6.43. The summed E-state index contributed by atoms with van der Waals surface area (Å²) >= 11 is 0. The topological polar surface area (TPSA) is 19.4 Å². The Morgan fingerprint density at radius 3 is 1.12 bits per heavy atom. The monoisotopic (exact) mass is 490 g/mol. The summed E-state index contributed by atoms with van der Waals surface area (Å²) in [6, 6.07) is 0. The standard InChI is InChI=1S/C27H54N6Si/c1-5-8-11-28-14-20-31(21-15-28)26(32-22-16-29(17-23-32)12-9-6-2)27(34-4)33-24-18-30(19-25-33)13-10-7-3/h5-25H2,1-4H3. The van der Waals surface area contributed by atoms with Gasteiger partial charge in [0.05, 0.1) is 0 Å².